The molecule has 0 spiro atoms. The molecule has 2 aromatic rings. The molecule has 4 nitrogen and oxygen atoms in total. The predicted molar refractivity (Wildman–Crippen MR) is 112 cm³/mol. The highest BCUT2D eigenvalue weighted by atomic mass is 35.5. The predicted octanol–water partition coefficient (Wildman–Crippen LogP) is 5.66. The summed E-state index contributed by atoms with van der Waals surface area (Å²) >= 11 is 8.89. The zero-order valence-electron chi connectivity index (χ0n) is 15.8. The van der Waals surface area contributed by atoms with Crippen LogP contribution in [0.5, 0.6) is 0 Å². The Hall–Kier alpha value is -1.24. The number of hydrogen-bond acceptors (Lipinski definition) is 6. The minimum atomic E-state index is -0.677. The molecule has 0 radical (unpaired) electrons. The Morgan fingerprint density at radius 1 is 1.23 bits per heavy atom. The number of benzene rings is 1. The van der Waals surface area contributed by atoms with Crippen LogP contribution in [0.25, 0.3) is 0 Å². The molecule has 7 heteroatoms. The molecule has 0 unspecified atom stereocenters. The van der Waals surface area contributed by atoms with Crippen LogP contribution >= 0.6 is 34.7 Å². The summed E-state index contributed by atoms with van der Waals surface area (Å²) in [6.07, 6.45) is 0.812. The SMILES string of the molecule is CC(C)(C)OC(=O)C(C)(C)Sc1nc(CCNc2ccc(Cl)cc2)cs1. The number of nitrogens with zero attached hydrogens (tertiary/aromatic N) is 1. The van der Waals surface area contributed by atoms with Crippen molar-refractivity contribution in [1.82, 2.24) is 4.98 Å². The van der Waals surface area contributed by atoms with Crippen molar-refractivity contribution < 1.29 is 9.53 Å². The van der Waals surface area contributed by atoms with Gasteiger partial charge in [-0.15, -0.1) is 11.3 Å². The fourth-order valence-electron chi connectivity index (χ4n) is 2.01. The average Bonchev–Trinajstić information content (AvgIpc) is 2.94. The van der Waals surface area contributed by atoms with Gasteiger partial charge in [0.15, 0.2) is 4.34 Å². The molecule has 0 atom stereocenters. The maximum atomic E-state index is 12.4. The molecule has 1 N–H and O–H groups in total. The molecule has 1 heterocycles. The molecule has 142 valence electrons. The van der Waals surface area contributed by atoms with Gasteiger partial charge in [0.1, 0.15) is 10.3 Å². The van der Waals surface area contributed by atoms with Crippen LogP contribution in [-0.4, -0.2) is 27.8 Å². The lowest BCUT2D eigenvalue weighted by atomic mass is 10.1. The van der Waals surface area contributed by atoms with E-state index < -0.39 is 10.3 Å². The van der Waals surface area contributed by atoms with Gasteiger partial charge < -0.3 is 10.1 Å². The molecule has 0 aliphatic heterocycles. The molecule has 2 rings (SSSR count). The molecule has 1 aromatic heterocycles. The second kappa shape index (κ2) is 8.63. The fourth-order valence-corrected chi connectivity index (χ4v) is 4.40. The van der Waals surface area contributed by atoms with Crippen LogP contribution in [0.2, 0.25) is 5.02 Å². The maximum Gasteiger partial charge on any atom is 0.322 e. The lowest BCUT2D eigenvalue weighted by Crippen LogP contribution is -2.36. The third-order valence-electron chi connectivity index (χ3n) is 3.32. The van der Waals surface area contributed by atoms with Crippen LogP contribution in [0.1, 0.15) is 40.3 Å². The van der Waals surface area contributed by atoms with E-state index >= 15 is 0 Å². The number of carbonyl (C=O) groups is 1. The Bertz CT molecular complexity index is 737. The van der Waals surface area contributed by atoms with Crippen molar-refractivity contribution in [3.8, 4) is 0 Å². The van der Waals surface area contributed by atoms with Crippen LogP contribution in [0.15, 0.2) is 34.0 Å². The molecular weight excluding hydrogens is 388 g/mol. The first-order valence-electron chi connectivity index (χ1n) is 8.41. The van der Waals surface area contributed by atoms with Gasteiger partial charge in [0.05, 0.1) is 5.69 Å². The Balaban J connectivity index is 1.86. The van der Waals surface area contributed by atoms with Gasteiger partial charge in [-0.2, -0.15) is 0 Å². The van der Waals surface area contributed by atoms with Gasteiger partial charge in [-0.25, -0.2) is 4.98 Å². The number of ether oxygens (including phenoxy) is 1. The van der Waals surface area contributed by atoms with Gasteiger partial charge in [0.25, 0.3) is 0 Å². The fraction of sp³-hybridized carbons (Fsp3) is 0.474. The number of esters is 1. The largest absolute Gasteiger partial charge is 0.459 e. The number of anilines is 1. The first kappa shape index (κ1) is 21.1. The molecule has 0 bridgehead atoms. The van der Waals surface area contributed by atoms with E-state index in [0.717, 1.165) is 33.7 Å². The van der Waals surface area contributed by atoms with E-state index in [4.69, 9.17) is 16.3 Å². The Kier molecular flexibility index (Phi) is 6.99. The number of halogens is 1. The maximum absolute atomic E-state index is 12.4. The quantitative estimate of drug-likeness (QED) is 0.469. The Labute approximate surface area is 168 Å². The second-order valence-corrected chi connectivity index (χ2v) is 10.6. The van der Waals surface area contributed by atoms with E-state index in [9.17, 15) is 4.79 Å². The highest BCUT2D eigenvalue weighted by molar-refractivity contribution is 8.03. The first-order chi connectivity index (χ1) is 12.0. The minimum absolute atomic E-state index is 0.226. The normalized spacial score (nSPS) is 12.1. The van der Waals surface area contributed by atoms with Crippen LogP contribution in [0, 0.1) is 0 Å². The summed E-state index contributed by atoms with van der Waals surface area (Å²) < 4.78 is 5.70. The van der Waals surface area contributed by atoms with E-state index in [1.54, 1.807) is 11.3 Å². The van der Waals surface area contributed by atoms with Crippen LogP contribution < -0.4 is 5.32 Å². The summed E-state index contributed by atoms with van der Waals surface area (Å²) in [6.45, 7) is 10.2. The van der Waals surface area contributed by atoms with Gasteiger partial charge in [0.2, 0.25) is 0 Å². The summed E-state index contributed by atoms with van der Waals surface area (Å²) in [5, 5.41) is 6.11. The van der Waals surface area contributed by atoms with E-state index in [0.29, 0.717) is 0 Å². The van der Waals surface area contributed by atoms with Crippen LogP contribution in [0.3, 0.4) is 0 Å². The van der Waals surface area contributed by atoms with Crippen molar-refractivity contribution in [3.63, 3.8) is 0 Å². The number of thiazole rings is 1. The Morgan fingerprint density at radius 3 is 2.50 bits per heavy atom. The number of hydrogen-bond donors (Lipinski definition) is 1. The standard InChI is InChI=1S/C19H25ClN2O2S2/c1-18(2,3)24-16(23)19(4,5)26-17-22-15(12-25-17)10-11-21-14-8-6-13(20)7-9-14/h6-9,12,21H,10-11H2,1-5H3. The number of rotatable bonds is 7. The zero-order chi connectivity index (χ0) is 19.4. The lowest BCUT2D eigenvalue weighted by Gasteiger charge is -2.27. The summed E-state index contributed by atoms with van der Waals surface area (Å²) in [5.74, 6) is -0.226. The average molecular weight is 413 g/mol. The minimum Gasteiger partial charge on any atom is -0.459 e. The molecule has 0 saturated heterocycles. The number of carbonyl (C=O) groups excluding carboxylic acids is 1. The molecular formula is C19H25ClN2O2S2. The lowest BCUT2D eigenvalue weighted by molar-refractivity contribution is -0.156. The van der Waals surface area contributed by atoms with E-state index in [2.05, 4.69) is 10.3 Å². The van der Waals surface area contributed by atoms with E-state index in [1.807, 2.05) is 64.3 Å². The highest BCUT2D eigenvalue weighted by Gasteiger charge is 2.34. The van der Waals surface area contributed by atoms with Crippen molar-refractivity contribution in [3.05, 3.63) is 40.4 Å². The van der Waals surface area contributed by atoms with Crippen molar-refractivity contribution in [2.45, 2.75) is 55.7 Å². The number of nitrogens with one attached hydrogen (secondary N) is 1. The molecule has 1 aromatic carbocycles. The third-order valence-corrected chi connectivity index (χ3v) is 5.73. The van der Waals surface area contributed by atoms with Gasteiger partial charge in [-0.3, -0.25) is 4.79 Å². The van der Waals surface area contributed by atoms with Gasteiger partial charge in [-0.1, -0.05) is 23.4 Å². The van der Waals surface area contributed by atoms with Crippen molar-refractivity contribution >= 4 is 46.4 Å². The molecule has 0 saturated carbocycles. The van der Waals surface area contributed by atoms with Crippen molar-refractivity contribution in [2.24, 2.45) is 0 Å². The zero-order valence-corrected chi connectivity index (χ0v) is 18.1. The first-order valence-corrected chi connectivity index (χ1v) is 10.5. The molecule has 0 aliphatic carbocycles. The van der Waals surface area contributed by atoms with Crippen molar-refractivity contribution in [1.29, 1.82) is 0 Å². The Morgan fingerprint density at radius 2 is 1.88 bits per heavy atom. The van der Waals surface area contributed by atoms with Gasteiger partial charge in [-0.05, 0) is 58.9 Å². The van der Waals surface area contributed by atoms with Crippen LogP contribution in [-0.2, 0) is 16.0 Å². The van der Waals surface area contributed by atoms with E-state index in [1.165, 1.54) is 11.8 Å². The number of thioether (sulfide) groups is 1. The van der Waals surface area contributed by atoms with E-state index in [-0.39, 0.29) is 5.97 Å². The summed E-state index contributed by atoms with van der Waals surface area (Å²) in [5.41, 5.74) is 1.56. The van der Waals surface area contributed by atoms with Crippen LogP contribution in [0.4, 0.5) is 5.69 Å². The summed E-state index contributed by atoms with van der Waals surface area (Å²) in [7, 11) is 0. The summed E-state index contributed by atoms with van der Waals surface area (Å²) in [4.78, 5) is 17.0. The molecule has 0 aliphatic rings. The second-order valence-electron chi connectivity index (χ2n) is 7.40. The molecule has 0 amide bonds. The monoisotopic (exact) mass is 412 g/mol. The summed E-state index contributed by atoms with van der Waals surface area (Å²) in [6, 6.07) is 7.63. The van der Waals surface area contributed by atoms with Gasteiger partial charge in [0, 0.05) is 29.1 Å². The molecule has 26 heavy (non-hydrogen) atoms. The van der Waals surface area contributed by atoms with Gasteiger partial charge >= 0.3 is 5.97 Å². The number of aromatic nitrogens is 1. The topological polar surface area (TPSA) is 51.2 Å². The van der Waals surface area contributed by atoms with Crippen molar-refractivity contribution in [2.75, 3.05) is 11.9 Å². The third kappa shape index (κ3) is 6.82. The smallest absolute Gasteiger partial charge is 0.322 e. The highest BCUT2D eigenvalue weighted by Crippen LogP contribution is 2.36. The molecule has 0 fully saturated rings.